The van der Waals surface area contributed by atoms with Crippen LogP contribution >= 0.6 is 0 Å². The van der Waals surface area contributed by atoms with Crippen LogP contribution in [0.15, 0.2) is 0 Å². The van der Waals surface area contributed by atoms with E-state index in [2.05, 4.69) is 15.5 Å². The smallest absolute Gasteiger partial charge is 0.411 e. The Kier molecular flexibility index (Phi) is 3.50. The third kappa shape index (κ3) is 2.48. The van der Waals surface area contributed by atoms with Gasteiger partial charge < -0.3 is 4.74 Å². The maximum Gasteiger partial charge on any atom is 0.411 e. The van der Waals surface area contributed by atoms with Crippen LogP contribution in [0.4, 0.5) is 10.5 Å². The first-order valence-corrected chi connectivity index (χ1v) is 4.60. The van der Waals surface area contributed by atoms with Crippen LogP contribution in [0.5, 0.6) is 0 Å². The van der Waals surface area contributed by atoms with Gasteiger partial charge in [-0.05, 0) is 20.3 Å². The summed E-state index contributed by atoms with van der Waals surface area (Å²) in [5, 5.41) is 9.37. The molecule has 5 heteroatoms. The minimum Gasteiger partial charge on any atom is -0.449 e. The van der Waals surface area contributed by atoms with Crippen molar-refractivity contribution in [2.24, 2.45) is 0 Å². The standard InChI is InChI=1S/C9H15N3O2/c1-4-5-14-9(13)10-8-6(2)11-12-7(8)3/h4-5H2,1-3H3,(H,10,13)(H,11,12). The van der Waals surface area contributed by atoms with Gasteiger partial charge in [0.25, 0.3) is 0 Å². The van der Waals surface area contributed by atoms with E-state index in [1.165, 1.54) is 0 Å². The monoisotopic (exact) mass is 197 g/mol. The maximum atomic E-state index is 11.2. The van der Waals surface area contributed by atoms with Crippen LogP contribution in [0.2, 0.25) is 0 Å². The number of hydrogen-bond donors (Lipinski definition) is 2. The molecule has 2 N–H and O–H groups in total. The number of anilines is 1. The van der Waals surface area contributed by atoms with Crippen molar-refractivity contribution in [1.29, 1.82) is 0 Å². The Bertz CT molecular complexity index is 300. The highest BCUT2D eigenvalue weighted by molar-refractivity contribution is 5.86. The molecule has 0 aromatic carbocycles. The number of aryl methyl sites for hydroxylation is 2. The summed E-state index contributed by atoms with van der Waals surface area (Å²) in [5.41, 5.74) is 2.29. The summed E-state index contributed by atoms with van der Waals surface area (Å²) >= 11 is 0. The number of aromatic nitrogens is 2. The molecule has 0 spiro atoms. The van der Waals surface area contributed by atoms with Gasteiger partial charge in [-0.3, -0.25) is 10.4 Å². The van der Waals surface area contributed by atoms with Crippen molar-refractivity contribution >= 4 is 11.8 Å². The molecule has 1 heterocycles. The minimum atomic E-state index is -0.431. The molecule has 0 aliphatic heterocycles. The SMILES string of the molecule is CCCOC(=O)Nc1c(C)n[nH]c1C. The van der Waals surface area contributed by atoms with E-state index in [4.69, 9.17) is 4.74 Å². The van der Waals surface area contributed by atoms with E-state index in [0.29, 0.717) is 12.3 Å². The van der Waals surface area contributed by atoms with Crippen molar-refractivity contribution < 1.29 is 9.53 Å². The number of hydrogen-bond acceptors (Lipinski definition) is 3. The van der Waals surface area contributed by atoms with Crippen LogP contribution in [0.25, 0.3) is 0 Å². The molecule has 0 saturated heterocycles. The molecule has 0 unspecified atom stereocenters. The molecule has 0 saturated carbocycles. The van der Waals surface area contributed by atoms with Crippen LogP contribution in [0.1, 0.15) is 24.7 Å². The molecule has 1 aromatic heterocycles. The summed E-state index contributed by atoms with van der Waals surface area (Å²) in [6, 6.07) is 0. The summed E-state index contributed by atoms with van der Waals surface area (Å²) in [6.07, 6.45) is 0.385. The van der Waals surface area contributed by atoms with E-state index < -0.39 is 6.09 Å². The third-order valence-corrected chi connectivity index (χ3v) is 1.79. The van der Waals surface area contributed by atoms with Crippen molar-refractivity contribution in [1.82, 2.24) is 10.2 Å². The minimum absolute atomic E-state index is 0.431. The van der Waals surface area contributed by atoms with Gasteiger partial charge in [-0.1, -0.05) is 6.92 Å². The van der Waals surface area contributed by atoms with Crippen molar-refractivity contribution in [3.63, 3.8) is 0 Å². The molecule has 0 fully saturated rings. The van der Waals surface area contributed by atoms with E-state index >= 15 is 0 Å². The number of nitrogens with one attached hydrogen (secondary N) is 2. The van der Waals surface area contributed by atoms with Gasteiger partial charge >= 0.3 is 6.09 Å². The average Bonchev–Trinajstić information content (AvgIpc) is 2.46. The molecule has 1 rings (SSSR count). The van der Waals surface area contributed by atoms with Gasteiger partial charge in [-0.15, -0.1) is 0 Å². The van der Waals surface area contributed by atoms with Crippen molar-refractivity contribution in [2.45, 2.75) is 27.2 Å². The normalized spacial score (nSPS) is 9.93. The molecule has 5 nitrogen and oxygen atoms in total. The number of aromatic amines is 1. The molecular formula is C9H15N3O2. The molecule has 0 atom stereocenters. The van der Waals surface area contributed by atoms with Crippen LogP contribution in [0, 0.1) is 13.8 Å². The predicted octanol–water partition coefficient (Wildman–Crippen LogP) is 1.99. The second-order valence-corrected chi connectivity index (χ2v) is 3.07. The molecule has 0 aliphatic rings. The maximum absolute atomic E-state index is 11.2. The topological polar surface area (TPSA) is 67.0 Å². The Labute approximate surface area is 82.8 Å². The molecular weight excluding hydrogens is 182 g/mol. The lowest BCUT2D eigenvalue weighted by Gasteiger charge is -2.05. The lowest BCUT2D eigenvalue weighted by atomic mass is 10.3. The summed E-state index contributed by atoms with van der Waals surface area (Å²) in [5.74, 6) is 0. The van der Waals surface area contributed by atoms with Crippen molar-refractivity contribution in [3.8, 4) is 0 Å². The Morgan fingerprint density at radius 1 is 1.57 bits per heavy atom. The van der Waals surface area contributed by atoms with Gasteiger partial charge in [-0.25, -0.2) is 4.79 Å². The van der Waals surface area contributed by atoms with Crippen molar-refractivity contribution in [3.05, 3.63) is 11.4 Å². The Balaban J connectivity index is 2.55. The summed E-state index contributed by atoms with van der Waals surface area (Å²) in [4.78, 5) is 11.2. The average molecular weight is 197 g/mol. The molecule has 0 aliphatic carbocycles. The zero-order chi connectivity index (χ0) is 10.6. The van der Waals surface area contributed by atoms with Crippen molar-refractivity contribution in [2.75, 3.05) is 11.9 Å². The van der Waals surface area contributed by atoms with E-state index in [1.807, 2.05) is 20.8 Å². The zero-order valence-corrected chi connectivity index (χ0v) is 8.68. The Morgan fingerprint density at radius 2 is 2.29 bits per heavy atom. The summed E-state index contributed by atoms with van der Waals surface area (Å²) in [7, 11) is 0. The quantitative estimate of drug-likeness (QED) is 0.778. The molecule has 1 aromatic rings. The summed E-state index contributed by atoms with van der Waals surface area (Å²) in [6.45, 7) is 6.04. The van der Waals surface area contributed by atoms with E-state index in [9.17, 15) is 4.79 Å². The van der Waals surface area contributed by atoms with Crippen LogP contribution in [-0.2, 0) is 4.74 Å². The number of nitrogens with zero attached hydrogens (tertiary/aromatic N) is 1. The van der Waals surface area contributed by atoms with E-state index in [-0.39, 0.29) is 0 Å². The highest BCUT2D eigenvalue weighted by Crippen LogP contribution is 2.15. The van der Waals surface area contributed by atoms with Crippen LogP contribution < -0.4 is 5.32 Å². The van der Waals surface area contributed by atoms with Gasteiger partial charge in [0.05, 0.1) is 23.7 Å². The predicted molar refractivity (Wildman–Crippen MR) is 53.3 cm³/mol. The summed E-state index contributed by atoms with van der Waals surface area (Å²) < 4.78 is 4.88. The third-order valence-electron chi connectivity index (χ3n) is 1.79. The first-order valence-electron chi connectivity index (χ1n) is 4.60. The zero-order valence-electron chi connectivity index (χ0n) is 8.68. The number of carbonyl (C=O) groups is 1. The first-order chi connectivity index (χ1) is 6.65. The van der Waals surface area contributed by atoms with Gasteiger partial charge in [0.2, 0.25) is 0 Å². The number of rotatable bonds is 3. The van der Waals surface area contributed by atoms with E-state index in [1.54, 1.807) is 0 Å². The molecule has 78 valence electrons. The highest BCUT2D eigenvalue weighted by atomic mass is 16.5. The van der Waals surface area contributed by atoms with E-state index in [0.717, 1.165) is 17.8 Å². The molecule has 0 bridgehead atoms. The second kappa shape index (κ2) is 4.64. The van der Waals surface area contributed by atoms with Crippen LogP contribution in [0.3, 0.4) is 0 Å². The molecule has 14 heavy (non-hydrogen) atoms. The number of amides is 1. The van der Waals surface area contributed by atoms with Crippen LogP contribution in [-0.4, -0.2) is 22.9 Å². The number of ether oxygens (including phenoxy) is 1. The fourth-order valence-corrected chi connectivity index (χ4v) is 1.07. The fourth-order valence-electron chi connectivity index (χ4n) is 1.07. The van der Waals surface area contributed by atoms with Gasteiger partial charge in [0.15, 0.2) is 0 Å². The first kappa shape index (κ1) is 10.6. The Morgan fingerprint density at radius 3 is 2.79 bits per heavy atom. The number of H-pyrrole nitrogens is 1. The molecule has 0 radical (unpaired) electrons. The largest absolute Gasteiger partial charge is 0.449 e. The van der Waals surface area contributed by atoms with Gasteiger partial charge in [0.1, 0.15) is 0 Å². The molecule has 1 amide bonds. The Hall–Kier alpha value is -1.52. The fraction of sp³-hybridized carbons (Fsp3) is 0.556. The lowest BCUT2D eigenvalue weighted by Crippen LogP contribution is -2.14. The van der Waals surface area contributed by atoms with Gasteiger partial charge in [-0.2, -0.15) is 5.10 Å². The number of carbonyl (C=O) groups excluding carboxylic acids is 1. The highest BCUT2D eigenvalue weighted by Gasteiger charge is 2.09. The van der Waals surface area contributed by atoms with Gasteiger partial charge in [0, 0.05) is 0 Å². The second-order valence-electron chi connectivity index (χ2n) is 3.07. The lowest BCUT2D eigenvalue weighted by molar-refractivity contribution is 0.161.